The average Bonchev–Trinajstić information content (AvgIpc) is 2.85. The number of hydrogen-bond acceptors (Lipinski definition) is 4. The minimum atomic E-state index is 0.0740. The molecule has 5 heteroatoms. The van der Waals surface area contributed by atoms with Crippen LogP contribution >= 0.6 is 11.8 Å². The number of ketones is 1. The molecule has 0 radical (unpaired) electrons. The number of carbonyl (C=O) groups excluding carboxylic acids is 1. The Morgan fingerprint density at radius 3 is 3.00 bits per heavy atom. The molecule has 0 aliphatic rings. The second-order valence-corrected chi connectivity index (χ2v) is 5.42. The predicted molar refractivity (Wildman–Crippen MR) is 76.5 cm³/mol. The highest BCUT2D eigenvalue weighted by Crippen LogP contribution is 2.20. The minimum absolute atomic E-state index is 0.0740. The molecule has 1 aromatic heterocycles. The lowest BCUT2D eigenvalue weighted by Gasteiger charge is -2.04. The molecule has 1 heterocycles. The smallest absolute Gasteiger partial charge is 0.192 e. The lowest BCUT2D eigenvalue weighted by molar-refractivity contribution is 0.101. The van der Waals surface area contributed by atoms with Crippen molar-refractivity contribution < 1.29 is 4.79 Å². The van der Waals surface area contributed by atoms with Gasteiger partial charge in [0.2, 0.25) is 0 Å². The zero-order valence-electron chi connectivity index (χ0n) is 11.2. The maximum atomic E-state index is 12.1. The first-order valence-corrected chi connectivity index (χ1v) is 7.30. The summed E-state index contributed by atoms with van der Waals surface area (Å²) in [7, 11) is 0. The topological polar surface area (TPSA) is 47.8 Å². The van der Waals surface area contributed by atoms with Crippen LogP contribution in [-0.4, -0.2) is 26.5 Å². The summed E-state index contributed by atoms with van der Waals surface area (Å²) in [4.78, 5) is 13.3. The maximum absolute atomic E-state index is 12.1. The van der Waals surface area contributed by atoms with Gasteiger partial charge in [0.25, 0.3) is 0 Å². The van der Waals surface area contributed by atoms with E-state index in [4.69, 9.17) is 0 Å². The van der Waals surface area contributed by atoms with E-state index >= 15 is 0 Å². The van der Waals surface area contributed by atoms with E-state index in [1.54, 1.807) is 22.6 Å². The first-order chi connectivity index (χ1) is 9.20. The van der Waals surface area contributed by atoms with E-state index in [0.29, 0.717) is 11.4 Å². The van der Waals surface area contributed by atoms with Gasteiger partial charge in [-0.05, 0) is 25.5 Å². The molecule has 0 spiro atoms. The van der Waals surface area contributed by atoms with E-state index in [0.717, 1.165) is 17.9 Å². The van der Waals surface area contributed by atoms with E-state index in [1.807, 2.05) is 25.1 Å². The SMILES string of the molecule is CCCn1nncc1C(=O)CSc1cccc(C)c1. The van der Waals surface area contributed by atoms with Crippen molar-refractivity contribution in [2.45, 2.75) is 31.7 Å². The van der Waals surface area contributed by atoms with Gasteiger partial charge < -0.3 is 0 Å². The van der Waals surface area contributed by atoms with Crippen LogP contribution in [0.25, 0.3) is 0 Å². The third-order valence-electron chi connectivity index (χ3n) is 2.70. The first kappa shape index (κ1) is 13.8. The van der Waals surface area contributed by atoms with Gasteiger partial charge in [-0.15, -0.1) is 16.9 Å². The van der Waals surface area contributed by atoms with Gasteiger partial charge >= 0.3 is 0 Å². The number of nitrogens with zero attached hydrogens (tertiary/aromatic N) is 3. The van der Waals surface area contributed by atoms with Crippen LogP contribution < -0.4 is 0 Å². The summed E-state index contributed by atoms with van der Waals surface area (Å²) in [5, 5.41) is 7.75. The maximum Gasteiger partial charge on any atom is 0.192 e. The van der Waals surface area contributed by atoms with Crippen LogP contribution in [0.2, 0.25) is 0 Å². The number of hydrogen-bond donors (Lipinski definition) is 0. The molecule has 100 valence electrons. The summed E-state index contributed by atoms with van der Waals surface area (Å²) < 4.78 is 1.68. The van der Waals surface area contributed by atoms with Gasteiger partial charge in [-0.25, -0.2) is 4.68 Å². The fourth-order valence-corrected chi connectivity index (χ4v) is 2.67. The summed E-state index contributed by atoms with van der Waals surface area (Å²) in [5.74, 6) is 0.491. The van der Waals surface area contributed by atoms with E-state index in [1.165, 1.54) is 5.56 Å². The second kappa shape index (κ2) is 6.52. The molecule has 0 saturated heterocycles. The highest BCUT2D eigenvalue weighted by Gasteiger charge is 2.13. The molecule has 0 unspecified atom stereocenters. The number of aromatic nitrogens is 3. The van der Waals surface area contributed by atoms with Crippen molar-refractivity contribution in [2.24, 2.45) is 0 Å². The van der Waals surface area contributed by atoms with Gasteiger partial charge in [0, 0.05) is 11.4 Å². The normalized spacial score (nSPS) is 10.6. The molecule has 0 aliphatic heterocycles. The lowest BCUT2D eigenvalue weighted by atomic mass is 10.2. The quantitative estimate of drug-likeness (QED) is 0.600. The van der Waals surface area contributed by atoms with Gasteiger partial charge in [0.1, 0.15) is 5.69 Å². The van der Waals surface area contributed by atoms with Crippen molar-refractivity contribution in [3.05, 3.63) is 41.7 Å². The van der Waals surface area contributed by atoms with Gasteiger partial charge in [0.05, 0.1) is 11.9 Å². The third-order valence-corrected chi connectivity index (χ3v) is 3.69. The van der Waals surface area contributed by atoms with Gasteiger partial charge in [0.15, 0.2) is 5.78 Å². The Kier molecular flexibility index (Phi) is 4.74. The monoisotopic (exact) mass is 275 g/mol. The zero-order valence-corrected chi connectivity index (χ0v) is 12.0. The van der Waals surface area contributed by atoms with Gasteiger partial charge in [-0.2, -0.15) is 0 Å². The van der Waals surface area contributed by atoms with Crippen molar-refractivity contribution >= 4 is 17.5 Å². The molecule has 0 bridgehead atoms. The molecule has 19 heavy (non-hydrogen) atoms. The van der Waals surface area contributed by atoms with Crippen LogP contribution in [0.5, 0.6) is 0 Å². The van der Waals surface area contributed by atoms with Gasteiger partial charge in [-0.3, -0.25) is 4.79 Å². The summed E-state index contributed by atoms with van der Waals surface area (Å²) in [6, 6.07) is 8.16. The van der Waals surface area contributed by atoms with Crippen molar-refractivity contribution in [3.63, 3.8) is 0 Å². The number of benzene rings is 1. The Hall–Kier alpha value is -1.62. The first-order valence-electron chi connectivity index (χ1n) is 6.32. The molecule has 0 saturated carbocycles. The van der Waals surface area contributed by atoms with Crippen molar-refractivity contribution in [3.8, 4) is 0 Å². The van der Waals surface area contributed by atoms with Crippen molar-refractivity contribution in [1.29, 1.82) is 0 Å². The van der Waals surface area contributed by atoms with Crippen molar-refractivity contribution in [1.82, 2.24) is 15.0 Å². The third kappa shape index (κ3) is 3.67. The molecular formula is C14H17N3OS. The number of Topliss-reactive ketones (excluding diaryl/α,β-unsaturated/α-hetero) is 1. The Labute approximate surface area is 117 Å². The van der Waals surface area contributed by atoms with E-state index < -0.39 is 0 Å². The standard InChI is InChI=1S/C14H17N3OS/c1-3-7-17-13(9-15-16-17)14(18)10-19-12-6-4-5-11(2)8-12/h4-6,8-9H,3,7,10H2,1-2H3. The van der Waals surface area contributed by atoms with Crippen molar-refractivity contribution in [2.75, 3.05) is 5.75 Å². The van der Waals surface area contributed by atoms with Crippen LogP contribution in [0.3, 0.4) is 0 Å². The summed E-state index contributed by atoms with van der Waals surface area (Å²) >= 11 is 1.55. The summed E-state index contributed by atoms with van der Waals surface area (Å²) in [5.41, 5.74) is 1.80. The Balaban J connectivity index is 1.99. The molecule has 2 rings (SSSR count). The average molecular weight is 275 g/mol. The molecule has 1 aromatic carbocycles. The molecule has 0 atom stereocenters. The van der Waals surface area contributed by atoms with Crippen LogP contribution in [0.1, 0.15) is 29.4 Å². The lowest BCUT2D eigenvalue weighted by Crippen LogP contribution is -2.12. The molecular weight excluding hydrogens is 258 g/mol. The summed E-state index contributed by atoms with van der Waals surface area (Å²) in [6.45, 7) is 4.83. The number of thioether (sulfide) groups is 1. The zero-order chi connectivity index (χ0) is 13.7. The van der Waals surface area contributed by atoms with Crippen LogP contribution in [-0.2, 0) is 6.54 Å². The fraction of sp³-hybridized carbons (Fsp3) is 0.357. The molecule has 0 fully saturated rings. The van der Waals surface area contributed by atoms with Crippen LogP contribution in [0.4, 0.5) is 0 Å². The fourth-order valence-electron chi connectivity index (χ4n) is 1.78. The highest BCUT2D eigenvalue weighted by molar-refractivity contribution is 8.00. The van der Waals surface area contributed by atoms with E-state index in [2.05, 4.69) is 23.3 Å². The van der Waals surface area contributed by atoms with Gasteiger partial charge in [-0.1, -0.05) is 29.8 Å². The molecule has 0 amide bonds. The van der Waals surface area contributed by atoms with E-state index in [-0.39, 0.29) is 5.78 Å². The highest BCUT2D eigenvalue weighted by atomic mass is 32.2. The molecule has 0 N–H and O–H groups in total. The number of carbonyl (C=O) groups is 1. The summed E-state index contributed by atoms with van der Waals surface area (Å²) in [6.07, 6.45) is 2.49. The van der Waals surface area contributed by atoms with Crippen LogP contribution in [0.15, 0.2) is 35.4 Å². The Morgan fingerprint density at radius 1 is 1.42 bits per heavy atom. The minimum Gasteiger partial charge on any atom is -0.291 e. The number of rotatable bonds is 6. The molecule has 4 nitrogen and oxygen atoms in total. The predicted octanol–water partition coefficient (Wildman–Crippen LogP) is 2.97. The molecule has 0 aliphatic carbocycles. The Bertz CT molecular complexity index is 565. The molecule has 2 aromatic rings. The van der Waals surface area contributed by atoms with Crippen LogP contribution in [0, 0.1) is 6.92 Å². The second-order valence-electron chi connectivity index (χ2n) is 4.37. The van der Waals surface area contributed by atoms with E-state index in [9.17, 15) is 4.79 Å². The largest absolute Gasteiger partial charge is 0.291 e. The number of aryl methyl sites for hydroxylation is 2. The Morgan fingerprint density at radius 2 is 2.26 bits per heavy atom.